The minimum atomic E-state index is -0.109. The Morgan fingerprint density at radius 3 is 2.61 bits per heavy atom. The quantitative estimate of drug-likeness (QED) is 0.675. The minimum absolute atomic E-state index is 0.109. The van der Waals surface area contributed by atoms with Gasteiger partial charge in [-0.2, -0.15) is 11.8 Å². The minimum Gasteiger partial charge on any atom is -0.394 e. The molecule has 0 bridgehead atoms. The number of hydrogen-bond donors (Lipinski definition) is 2. The van der Waals surface area contributed by atoms with Crippen LogP contribution in [0, 0.1) is 0 Å². The SMILES string of the molecule is CCNC(C)(CO)CCCSCc1ccccc1. The van der Waals surface area contributed by atoms with Gasteiger partial charge >= 0.3 is 0 Å². The molecule has 0 saturated heterocycles. The van der Waals surface area contributed by atoms with E-state index in [4.69, 9.17) is 0 Å². The second kappa shape index (κ2) is 8.57. The van der Waals surface area contributed by atoms with Crippen LogP contribution in [0.15, 0.2) is 30.3 Å². The van der Waals surface area contributed by atoms with Crippen molar-refractivity contribution < 1.29 is 5.11 Å². The summed E-state index contributed by atoms with van der Waals surface area (Å²) >= 11 is 1.97. The lowest BCUT2D eigenvalue weighted by Gasteiger charge is -2.28. The van der Waals surface area contributed by atoms with Gasteiger partial charge in [0.2, 0.25) is 0 Å². The smallest absolute Gasteiger partial charge is 0.0610 e. The number of nitrogens with one attached hydrogen (secondary N) is 1. The standard InChI is InChI=1S/C15H25NOS/c1-3-16-15(2,13-17)10-7-11-18-12-14-8-5-4-6-9-14/h4-6,8-9,16-17H,3,7,10-13H2,1-2H3. The number of rotatable bonds is 9. The summed E-state index contributed by atoms with van der Waals surface area (Å²) < 4.78 is 0. The van der Waals surface area contributed by atoms with E-state index in [-0.39, 0.29) is 12.1 Å². The van der Waals surface area contributed by atoms with Crippen LogP contribution < -0.4 is 5.32 Å². The van der Waals surface area contributed by atoms with E-state index in [2.05, 4.69) is 49.5 Å². The van der Waals surface area contributed by atoms with Crippen molar-refractivity contribution in [3.8, 4) is 0 Å². The molecular formula is C15H25NOS. The van der Waals surface area contributed by atoms with Gasteiger partial charge in [0.1, 0.15) is 0 Å². The van der Waals surface area contributed by atoms with E-state index in [9.17, 15) is 5.11 Å². The fraction of sp³-hybridized carbons (Fsp3) is 0.600. The topological polar surface area (TPSA) is 32.3 Å². The van der Waals surface area contributed by atoms with E-state index in [1.54, 1.807) is 0 Å². The van der Waals surface area contributed by atoms with Crippen LogP contribution in [0.5, 0.6) is 0 Å². The predicted molar refractivity (Wildman–Crippen MR) is 81.0 cm³/mol. The van der Waals surface area contributed by atoms with Gasteiger partial charge in [-0.05, 0) is 37.6 Å². The monoisotopic (exact) mass is 267 g/mol. The Morgan fingerprint density at radius 2 is 2.00 bits per heavy atom. The average molecular weight is 267 g/mol. The van der Waals surface area contributed by atoms with Gasteiger partial charge in [-0.3, -0.25) is 0 Å². The molecular weight excluding hydrogens is 242 g/mol. The second-order valence-electron chi connectivity index (χ2n) is 4.89. The molecule has 2 N–H and O–H groups in total. The van der Waals surface area contributed by atoms with Crippen molar-refractivity contribution >= 4 is 11.8 Å². The summed E-state index contributed by atoms with van der Waals surface area (Å²) in [6.45, 7) is 5.30. The highest BCUT2D eigenvalue weighted by Crippen LogP contribution is 2.17. The van der Waals surface area contributed by atoms with E-state index in [0.717, 1.165) is 30.9 Å². The Labute approximate surface area is 115 Å². The lowest BCUT2D eigenvalue weighted by molar-refractivity contribution is 0.167. The average Bonchev–Trinajstić information content (AvgIpc) is 2.40. The summed E-state index contributed by atoms with van der Waals surface area (Å²) in [5, 5.41) is 12.7. The molecule has 1 unspecified atom stereocenters. The zero-order valence-electron chi connectivity index (χ0n) is 11.5. The third kappa shape index (κ3) is 5.89. The van der Waals surface area contributed by atoms with E-state index in [0.29, 0.717) is 0 Å². The van der Waals surface area contributed by atoms with Gasteiger partial charge in [-0.1, -0.05) is 37.3 Å². The van der Waals surface area contributed by atoms with Crippen molar-refractivity contribution in [2.75, 3.05) is 18.9 Å². The first-order valence-electron chi connectivity index (χ1n) is 6.68. The molecule has 0 amide bonds. The van der Waals surface area contributed by atoms with E-state index >= 15 is 0 Å². The van der Waals surface area contributed by atoms with Crippen molar-refractivity contribution in [2.45, 2.75) is 38.0 Å². The molecule has 102 valence electrons. The fourth-order valence-electron chi connectivity index (χ4n) is 1.98. The predicted octanol–water partition coefficient (Wildman–Crippen LogP) is 3.06. The molecule has 0 spiro atoms. The Morgan fingerprint density at radius 1 is 1.28 bits per heavy atom. The van der Waals surface area contributed by atoms with Crippen LogP contribution in [-0.4, -0.2) is 29.5 Å². The Balaban J connectivity index is 2.15. The molecule has 0 radical (unpaired) electrons. The number of aliphatic hydroxyl groups is 1. The maximum Gasteiger partial charge on any atom is 0.0610 e. The van der Waals surface area contributed by atoms with E-state index < -0.39 is 0 Å². The molecule has 0 saturated carbocycles. The van der Waals surface area contributed by atoms with Gasteiger partial charge in [-0.25, -0.2) is 0 Å². The molecule has 0 heterocycles. The van der Waals surface area contributed by atoms with Crippen LogP contribution in [0.1, 0.15) is 32.3 Å². The molecule has 0 fully saturated rings. The Kier molecular flexibility index (Phi) is 7.40. The molecule has 0 aliphatic carbocycles. The van der Waals surface area contributed by atoms with Crippen molar-refractivity contribution in [1.29, 1.82) is 0 Å². The lowest BCUT2D eigenvalue weighted by Crippen LogP contribution is -2.45. The van der Waals surface area contributed by atoms with Crippen LogP contribution >= 0.6 is 11.8 Å². The maximum atomic E-state index is 9.38. The van der Waals surface area contributed by atoms with Crippen LogP contribution in [0.4, 0.5) is 0 Å². The first-order chi connectivity index (χ1) is 8.70. The molecule has 2 nitrogen and oxygen atoms in total. The molecule has 1 rings (SSSR count). The zero-order valence-corrected chi connectivity index (χ0v) is 12.3. The van der Waals surface area contributed by atoms with Crippen molar-refractivity contribution in [3.63, 3.8) is 0 Å². The number of aliphatic hydroxyl groups excluding tert-OH is 1. The molecule has 18 heavy (non-hydrogen) atoms. The molecule has 0 aliphatic rings. The van der Waals surface area contributed by atoms with Crippen LogP contribution in [-0.2, 0) is 5.75 Å². The van der Waals surface area contributed by atoms with Crippen LogP contribution in [0.3, 0.4) is 0 Å². The lowest BCUT2D eigenvalue weighted by atomic mass is 9.97. The number of hydrogen-bond acceptors (Lipinski definition) is 3. The summed E-state index contributed by atoms with van der Waals surface area (Å²) in [5.74, 6) is 2.23. The van der Waals surface area contributed by atoms with Crippen molar-refractivity contribution in [3.05, 3.63) is 35.9 Å². The largest absolute Gasteiger partial charge is 0.394 e. The highest BCUT2D eigenvalue weighted by molar-refractivity contribution is 7.98. The number of likely N-dealkylation sites (N-methyl/N-ethyl adjacent to an activating group) is 1. The summed E-state index contributed by atoms with van der Waals surface area (Å²) in [4.78, 5) is 0. The van der Waals surface area contributed by atoms with Gasteiger partial charge in [0.15, 0.2) is 0 Å². The summed E-state index contributed by atoms with van der Waals surface area (Å²) in [6.07, 6.45) is 2.17. The van der Waals surface area contributed by atoms with Crippen molar-refractivity contribution in [2.24, 2.45) is 0 Å². The normalized spacial score (nSPS) is 14.4. The van der Waals surface area contributed by atoms with Gasteiger partial charge in [0, 0.05) is 11.3 Å². The summed E-state index contributed by atoms with van der Waals surface area (Å²) in [7, 11) is 0. The van der Waals surface area contributed by atoms with E-state index in [1.165, 1.54) is 5.56 Å². The summed E-state index contributed by atoms with van der Waals surface area (Å²) in [5.41, 5.74) is 1.28. The second-order valence-corrected chi connectivity index (χ2v) is 6.00. The summed E-state index contributed by atoms with van der Waals surface area (Å²) in [6, 6.07) is 10.6. The number of thioether (sulfide) groups is 1. The fourth-order valence-corrected chi connectivity index (χ4v) is 2.90. The third-order valence-corrected chi connectivity index (χ3v) is 4.20. The van der Waals surface area contributed by atoms with Crippen LogP contribution in [0.2, 0.25) is 0 Å². The molecule has 1 aromatic rings. The Bertz CT molecular complexity index is 318. The zero-order chi connectivity index (χ0) is 13.3. The molecule has 3 heteroatoms. The van der Waals surface area contributed by atoms with Crippen LogP contribution in [0.25, 0.3) is 0 Å². The molecule has 0 aliphatic heterocycles. The van der Waals surface area contributed by atoms with Gasteiger partial charge < -0.3 is 10.4 Å². The van der Waals surface area contributed by atoms with Crippen molar-refractivity contribution in [1.82, 2.24) is 5.32 Å². The highest BCUT2D eigenvalue weighted by atomic mass is 32.2. The first-order valence-corrected chi connectivity index (χ1v) is 7.83. The van der Waals surface area contributed by atoms with Gasteiger partial charge in [0.05, 0.1) is 6.61 Å². The Hall–Kier alpha value is -0.510. The molecule has 1 aromatic carbocycles. The van der Waals surface area contributed by atoms with E-state index in [1.807, 2.05) is 11.8 Å². The van der Waals surface area contributed by atoms with Gasteiger partial charge in [-0.15, -0.1) is 0 Å². The molecule has 1 atom stereocenters. The highest BCUT2D eigenvalue weighted by Gasteiger charge is 2.20. The third-order valence-electron chi connectivity index (χ3n) is 3.08. The van der Waals surface area contributed by atoms with Gasteiger partial charge in [0.25, 0.3) is 0 Å². The maximum absolute atomic E-state index is 9.38. The number of benzene rings is 1. The molecule has 0 aromatic heterocycles. The first kappa shape index (κ1) is 15.5.